The van der Waals surface area contributed by atoms with Gasteiger partial charge in [-0.05, 0) is 100 Å². The molecule has 228 valence electrons. The van der Waals surface area contributed by atoms with Gasteiger partial charge in [0.15, 0.2) is 0 Å². The van der Waals surface area contributed by atoms with E-state index < -0.39 is 5.63 Å². The number of fused-ring (bicyclic) bond motifs is 1. The fraction of sp³-hybridized carbons (Fsp3) is 0.361. The van der Waals surface area contributed by atoms with E-state index >= 15 is 0 Å². The van der Waals surface area contributed by atoms with Crippen LogP contribution in [0.25, 0.3) is 22.1 Å². The molecule has 0 saturated carbocycles. The lowest BCUT2D eigenvalue weighted by Crippen LogP contribution is -2.07. The number of aryl methyl sites for hydroxylation is 2. The molecule has 0 bridgehead atoms. The second-order valence-corrected chi connectivity index (χ2v) is 10.9. The summed E-state index contributed by atoms with van der Waals surface area (Å²) in [6, 6.07) is 13.4. The average Bonchev–Trinajstić information content (AvgIpc) is 2.96. The molecule has 0 unspecified atom stereocenters. The Morgan fingerprint density at radius 2 is 1.37 bits per heavy atom. The second-order valence-electron chi connectivity index (χ2n) is 10.9. The van der Waals surface area contributed by atoms with Crippen LogP contribution in [0, 0.1) is 0 Å². The molecule has 2 aromatic carbocycles. The number of hydrogen-bond acceptors (Lipinski definition) is 7. The molecule has 43 heavy (non-hydrogen) atoms. The van der Waals surface area contributed by atoms with Crippen molar-refractivity contribution in [2.24, 2.45) is 0 Å². The molecule has 7 heteroatoms. The van der Waals surface area contributed by atoms with Crippen molar-refractivity contribution in [3.05, 3.63) is 100 Å². The minimum Gasteiger partial charge on any atom is -0.493 e. The van der Waals surface area contributed by atoms with Gasteiger partial charge < -0.3 is 18.6 Å². The zero-order valence-corrected chi connectivity index (χ0v) is 25.6. The summed E-state index contributed by atoms with van der Waals surface area (Å²) in [6.07, 6.45) is 5.21. The molecule has 3 rings (SSSR count). The average molecular weight is 587 g/mol. The smallest absolute Gasteiger partial charge is 0.344 e. The summed E-state index contributed by atoms with van der Waals surface area (Å²) in [6.45, 7) is 17.5. The summed E-state index contributed by atoms with van der Waals surface area (Å²) in [5.41, 5.74) is 5.24. The lowest BCUT2D eigenvalue weighted by Gasteiger charge is -2.12. The molecule has 1 heterocycles. The first-order chi connectivity index (χ1) is 20.5. The second kappa shape index (κ2) is 16.3. The number of rotatable bonds is 17. The first-order valence-corrected chi connectivity index (χ1v) is 14.7. The van der Waals surface area contributed by atoms with Gasteiger partial charge in [-0.1, -0.05) is 36.9 Å². The Kier molecular flexibility index (Phi) is 12.6. The third kappa shape index (κ3) is 10.4. The topological polar surface area (TPSA) is 92.0 Å². The van der Waals surface area contributed by atoms with Gasteiger partial charge in [0.05, 0.1) is 25.4 Å². The van der Waals surface area contributed by atoms with Crippen molar-refractivity contribution in [2.75, 3.05) is 19.8 Å². The number of ether oxygens (including phenoxy) is 3. The van der Waals surface area contributed by atoms with Gasteiger partial charge in [0, 0.05) is 23.0 Å². The molecule has 0 aliphatic carbocycles. The van der Waals surface area contributed by atoms with Crippen molar-refractivity contribution in [3.63, 3.8) is 0 Å². The maximum absolute atomic E-state index is 13.1. The van der Waals surface area contributed by atoms with Crippen LogP contribution in [-0.4, -0.2) is 31.8 Å². The van der Waals surface area contributed by atoms with Crippen LogP contribution in [0.4, 0.5) is 0 Å². The summed E-state index contributed by atoms with van der Waals surface area (Å²) in [4.78, 5) is 36.4. The molecule has 3 aromatic rings. The van der Waals surface area contributed by atoms with Gasteiger partial charge >= 0.3 is 17.6 Å². The highest BCUT2D eigenvalue weighted by Crippen LogP contribution is 2.28. The van der Waals surface area contributed by atoms with Gasteiger partial charge in [-0.2, -0.15) is 0 Å². The van der Waals surface area contributed by atoms with E-state index in [2.05, 4.69) is 25.8 Å². The summed E-state index contributed by atoms with van der Waals surface area (Å²) >= 11 is 0. The van der Waals surface area contributed by atoms with Crippen molar-refractivity contribution in [1.29, 1.82) is 0 Å². The monoisotopic (exact) mass is 586 g/mol. The quantitative estimate of drug-likeness (QED) is 0.0526. The Bertz CT molecular complexity index is 1530. The van der Waals surface area contributed by atoms with Gasteiger partial charge in [0.25, 0.3) is 0 Å². The van der Waals surface area contributed by atoms with Crippen molar-refractivity contribution in [1.82, 2.24) is 0 Å². The molecule has 7 nitrogen and oxygen atoms in total. The fourth-order valence-electron chi connectivity index (χ4n) is 4.40. The van der Waals surface area contributed by atoms with E-state index in [4.69, 9.17) is 18.6 Å². The number of benzene rings is 2. The molecule has 0 radical (unpaired) electrons. The van der Waals surface area contributed by atoms with Crippen LogP contribution in [0.5, 0.6) is 5.75 Å². The van der Waals surface area contributed by atoms with Gasteiger partial charge in [0.2, 0.25) is 0 Å². The Morgan fingerprint density at radius 3 is 1.95 bits per heavy atom. The predicted molar refractivity (Wildman–Crippen MR) is 170 cm³/mol. The summed E-state index contributed by atoms with van der Waals surface area (Å²) in [7, 11) is 0. The first kappa shape index (κ1) is 33.1. The third-order valence-corrected chi connectivity index (χ3v) is 6.83. The number of hydrogen-bond donors (Lipinski definition) is 0. The van der Waals surface area contributed by atoms with Crippen molar-refractivity contribution < 1.29 is 28.2 Å². The summed E-state index contributed by atoms with van der Waals surface area (Å²) in [5.74, 6) is -0.0493. The maximum Gasteiger partial charge on any atom is 0.344 e. The summed E-state index contributed by atoms with van der Waals surface area (Å²) in [5, 5.41) is 0.870. The molecular weight excluding hydrogens is 544 g/mol. The van der Waals surface area contributed by atoms with E-state index in [0.717, 1.165) is 59.1 Å². The van der Waals surface area contributed by atoms with E-state index in [1.54, 1.807) is 13.8 Å². The Labute approximate surface area is 253 Å². The van der Waals surface area contributed by atoms with E-state index in [9.17, 15) is 14.4 Å². The van der Waals surface area contributed by atoms with Crippen LogP contribution in [0.2, 0.25) is 0 Å². The number of carbonyl (C=O) groups is 2. The lowest BCUT2D eigenvalue weighted by atomic mass is 9.96. The molecule has 0 fully saturated rings. The van der Waals surface area contributed by atoms with Crippen molar-refractivity contribution >= 4 is 22.9 Å². The SMILES string of the molecule is C=C(C)CCOc1ccc(-c2cc3c(CCCCOC(=O)C(=C)C)cc(CCCCOC(=O)C(=C)C)cc3oc2=O)cc1. The Morgan fingerprint density at radius 1 is 0.767 bits per heavy atom. The van der Waals surface area contributed by atoms with Crippen molar-refractivity contribution in [3.8, 4) is 16.9 Å². The van der Waals surface area contributed by atoms with E-state index in [-0.39, 0.29) is 11.9 Å². The van der Waals surface area contributed by atoms with Crippen molar-refractivity contribution in [2.45, 2.75) is 65.7 Å². The zero-order valence-electron chi connectivity index (χ0n) is 25.6. The minimum absolute atomic E-state index is 0.313. The summed E-state index contributed by atoms with van der Waals surface area (Å²) < 4.78 is 22.1. The largest absolute Gasteiger partial charge is 0.493 e. The Hall–Kier alpha value is -4.39. The van der Waals surface area contributed by atoms with Crippen LogP contribution in [0.15, 0.2) is 88.1 Å². The molecule has 0 atom stereocenters. The molecule has 0 aliphatic rings. The molecular formula is C36H42O7. The van der Waals surface area contributed by atoms with Gasteiger partial charge in [0.1, 0.15) is 11.3 Å². The minimum atomic E-state index is -0.412. The Balaban J connectivity index is 1.80. The van der Waals surface area contributed by atoms with E-state index in [1.165, 1.54) is 0 Å². The molecule has 0 amide bonds. The van der Waals surface area contributed by atoms with E-state index in [0.29, 0.717) is 61.4 Å². The number of esters is 2. The molecule has 0 spiro atoms. The zero-order chi connectivity index (χ0) is 31.4. The standard InChI is InChI=1S/C36H42O7/c1-24(2)17-20-40-30-15-13-28(14-16-30)32-23-31-29(12-8-10-19-42-35(38)26(5)6)21-27(22-33(31)43-36(32)39)11-7-9-18-41-34(37)25(3)4/h13-16,21-23H,1,3,5,7-12,17-20H2,2,4,6H3. The molecule has 0 N–H and O–H groups in total. The molecule has 0 aliphatic heterocycles. The number of carbonyl (C=O) groups excluding carboxylic acids is 2. The normalized spacial score (nSPS) is 10.8. The third-order valence-electron chi connectivity index (χ3n) is 6.83. The number of unbranched alkanes of at least 4 members (excludes halogenated alkanes) is 2. The fourth-order valence-corrected chi connectivity index (χ4v) is 4.40. The van der Waals surface area contributed by atoms with Crippen LogP contribution >= 0.6 is 0 Å². The van der Waals surface area contributed by atoms with Gasteiger partial charge in [-0.25, -0.2) is 14.4 Å². The first-order valence-electron chi connectivity index (χ1n) is 14.7. The highest BCUT2D eigenvalue weighted by molar-refractivity contribution is 5.87. The van der Waals surface area contributed by atoms with Crippen LogP contribution in [0.3, 0.4) is 0 Å². The van der Waals surface area contributed by atoms with Gasteiger partial charge in [-0.15, -0.1) is 6.58 Å². The molecule has 0 saturated heterocycles. The van der Waals surface area contributed by atoms with Crippen LogP contribution < -0.4 is 10.4 Å². The highest BCUT2D eigenvalue weighted by atomic mass is 16.5. The van der Waals surface area contributed by atoms with Gasteiger partial charge in [-0.3, -0.25) is 0 Å². The predicted octanol–water partition coefficient (Wildman–Crippen LogP) is 7.69. The maximum atomic E-state index is 13.1. The van der Waals surface area contributed by atoms with Crippen LogP contribution in [0.1, 0.15) is 64.0 Å². The lowest BCUT2D eigenvalue weighted by molar-refractivity contribution is -0.139. The van der Waals surface area contributed by atoms with Crippen LogP contribution in [-0.2, 0) is 31.9 Å². The van der Waals surface area contributed by atoms with E-state index in [1.807, 2.05) is 43.3 Å². The molecule has 1 aromatic heterocycles. The highest BCUT2D eigenvalue weighted by Gasteiger charge is 2.13.